The first-order valence-electron chi connectivity index (χ1n) is 6.04. The third kappa shape index (κ3) is 5.64. The molecular formula is C14H12IN3O2S. The number of nitrogens with one attached hydrogen (secondary N) is 2. The van der Waals surface area contributed by atoms with Gasteiger partial charge in [-0.15, -0.1) is 0 Å². The summed E-state index contributed by atoms with van der Waals surface area (Å²) in [7, 11) is 0. The molecule has 2 N–H and O–H groups in total. The van der Waals surface area contributed by atoms with Crippen molar-refractivity contribution in [2.24, 2.45) is 0 Å². The molecule has 2 aromatic rings. The summed E-state index contributed by atoms with van der Waals surface area (Å²) in [5.74, 6) is 0.873. The highest BCUT2D eigenvalue weighted by molar-refractivity contribution is 14.1. The van der Waals surface area contributed by atoms with E-state index in [0.717, 1.165) is 3.57 Å². The van der Waals surface area contributed by atoms with Gasteiger partial charge in [0.15, 0.2) is 11.7 Å². The van der Waals surface area contributed by atoms with Crippen LogP contribution in [0.4, 0.5) is 5.82 Å². The molecule has 108 valence electrons. The minimum absolute atomic E-state index is 0.105. The highest BCUT2D eigenvalue weighted by Crippen LogP contribution is 2.08. The van der Waals surface area contributed by atoms with E-state index in [2.05, 4.69) is 38.2 Å². The zero-order valence-electron chi connectivity index (χ0n) is 10.9. The van der Waals surface area contributed by atoms with Crippen LogP contribution < -0.4 is 15.4 Å². The predicted octanol–water partition coefficient (Wildman–Crippen LogP) is 2.58. The molecule has 0 atom stereocenters. The molecule has 1 aromatic carbocycles. The third-order valence-corrected chi connectivity index (χ3v) is 3.18. The largest absolute Gasteiger partial charge is 0.484 e. The number of hydrogen-bond acceptors (Lipinski definition) is 4. The number of amides is 1. The molecule has 1 heterocycles. The molecule has 0 saturated heterocycles. The summed E-state index contributed by atoms with van der Waals surface area (Å²) in [5.41, 5.74) is 0. The molecule has 21 heavy (non-hydrogen) atoms. The lowest BCUT2D eigenvalue weighted by Gasteiger charge is -2.09. The van der Waals surface area contributed by atoms with Gasteiger partial charge in [-0.2, -0.15) is 0 Å². The van der Waals surface area contributed by atoms with Gasteiger partial charge in [-0.3, -0.25) is 10.1 Å². The maximum absolute atomic E-state index is 11.7. The van der Waals surface area contributed by atoms with Gasteiger partial charge in [0.1, 0.15) is 11.6 Å². The molecule has 0 bridgehead atoms. The number of anilines is 1. The van der Waals surface area contributed by atoms with Crippen molar-refractivity contribution >= 4 is 51.6 Å². The summed E-state index contributed by atoms with van der Waals surface area (Å²) in [5, 5.41) is 5.54. The molecule has 0 aliphatic carbocycles. The molecule has 1 amide bonds. The first-order valence-corrected chi connectivity index (χ1v) is 7.52. The monoisotopic (exact) mass is 413 g/mol. The van der Waals surface area contributed by atoms with E-state index in [1.165, 1.54) is 0 Å². The fourth-order valence-corrected chi connectivity index (χ4v) is 1.96. The number of hydrogen-bond donors (Lipinski definition) is 2. The molecule has 1 aromatic heterocycles. The number of para-hydroxylation sites is 1. The number of carbonyl (C=O) groups is 1. The second-order valence-corrected chi connectivity index (χ2v) is 5.62. The predicted molar refractivity (Wildman–Crippen MR) is 93.3 cm³/mol. The minimum atomic E-state index is -0.332. The van der Waals surface area contributed by atoms with Crippen molar-refractivity contribution in [1.82, 2.24) is 10.3 Å². The van der Waals surface area contributed by atoms with Gasteiger partial charge in [-0.05, 0) is 59.1 Å². The molecule has 0 spiro atoms. The van der Waals surface area contributed by atoms with Crippen LogP contribution in [0.5, 0.6) is 5.75 Å². The number of rotatable bonds is 4. The van der Waals surface area contributed by atoms with E-state index in [9.17, 15) is 4.79 Å². The second kappa shape index (κ2) is 7.89. The Kier molecular flexibility index (Phi) is 5.88. The molecule has 0 unspecified atom stereocenters. The van der Waals surface area contributed by atoms with Crippen LogP contribution in [0.15, 0.2) is 48.7 Å². The number of carbonyl (C=O) groups excluding carboxylic acids is 1. The Morgan fingerprint density at radius 2 is 2.00 bits per heavy atom. The fourth-order valence-electron chi connectivity index (χ4n) is 1.43. The summed E-state index contributed by atoms with van der Waals surface area (Å²) in [6, 6.07) is 12.8. The molecule has 0 fully saturated rings. The topological polar surface area (TPSA) is 63.2 Å². The lowest BCUT2D eigenvalue weighted by atomic mass is 10.3. The van der Waals surface area contributed by atoms with Crippen LogP contribution in [0.1, 0.15) is 0 Å². The van der Waals surface area contributed by atoms with Gasteiger partial charge in [-0.1, -0.05) is 18.2 Å². The highest BCUT2D eigenvalue weighted by Gasteiger charge is 2.06. The third-order valence-electron chi connectivity index (χ3n) is 2.34. The molecule has 0 aliphatic rings. The Labute approximate surface area is 141 Å². The van der Waals surface area contributed by atoms with Crippen LogP contribution in [0.3, 0.4) is 0 Å². The summed E-state index contributed by atoms with van der Waals surface area (Å²) in [6.07, 6.45) is 1.70. The van der Waals surface area contributed by atoms with Gasteiger partial charge in [0.05, 0.1) is 0 Å². The normalized spacial score (nSPS) is 9.76. The molecule has 7 heteroatoms. The van der Waals surface area contributed by atoms with Crippen molar-refractivity contribution in [3.05, 3.63) is 52.2 Å². The van der Waals surface area contributed by atoms with Gasteiger partial charge in [-0.25, -0.2) is 4.98 Å². The van der Waals surface area contributed by atoms with E-state index >= 15 is 0 Å². The van der Waals surface area contributed by atoms with Crippen molar-refractivity contribution in [3.8, 4) is 5.75 Å². The van der Waals surface area contributed by atoms with Crippen LogP contribution in [0.25, 0.3) is 0 Å². The number of halogens is 1. The molecule has 0 saturated carbocycles. The maximum Gasteiger partial charge on any atom is 0.264 e. The molecule has 0 aliphatic heterocycles. The van der Waals surface area contributed by atoms with Gasteiger partial charge >= 0.3 is 0 Å². The van der Waals surface area contributed by atoms with E-state index in [0.29, 0.717) is 11.6 Å². The summed E-state index contributed by atoms with van der Waals surface area (Å²) in [6.45, 7) is -0.105. The lowest BCUT2D eigenvalue weighted by molar-refractivity contribution is -0.121. The molecular weight excluding hydrogens is 401 g/mol. The molecule has 5 nitrogen and oxygen atoms in total. The van der Waals surface area contributed by atoms with Gasteiger partial charge < -0.3 is 10.1 Å². The lowest BCUT2D eigenvalue weighted by Crippen LogP contribution is -2.37. The SMILES string of the molecule is O=C(COc1ccccc1)NC(=S)Nc1ccc(I)cn1. The fraction of sp³-hybridized carbons (Fsp3) is 0.0714. The smallest absolute Gasteiger partial charge is 0.264 e. The molecule has 2 rings (SSSR count). The number of pyridine rings is 1. The first kappa shape index (κ1) is 15.6. The van der Waals surface area contributed by atoms with Crippen LogP contribution in [-0.2, 0) is 4.79 Å². The Hall–Kier alpha value is -1.74. The van der Waals surface area contributed by atoms with E-state index in [1.54, 1.807) is 24.4 Å². The first-order chi connectivity index (χ1) is 10.1. The number of benzene rings is 1. The highest BCUT2D eigenvalue weighted by atomic mass is 127. The number of ether oxygens (including phenoxy) is 1. The zero-order chi connectivity index (χ0) is 15.1. The average molecular weight is 413 g/mol. The Balaban J connectivity index is 1.77. The van der Waals surface area contributed by atoms with Crippen molar-refractivity contribution in [1.29, 1.82) is 0 Å². The Bertz CT molecular complexity index is 620. The maximum atomic E-state index is 11.7. The summed E-state index contributed by atoms with van der Waals surface area (Å²) < 4.78 is 6.34. The second-order valence-electron chi connectivity index (χ2n) is 3.97. The summed E-state index contributed by atoms with van der Waals surface area (Å²) >= 11 is 7.19. The Morgan fingerprint density at radius 1 is 1.24 bits per heavy atom. The van der Waals surface area contributed by atoms with Gasteiger partial charge in [0, 0.05) is 9.77 Å². The van der Waals surface area contributed by atoms with Crippen molar-refractivity contribution in [2.45, 2.75) is 0 Å². The molecule has 0 radical (unpaired) electrons. The van der Waals surface area contributed by atoms with Crippen LogP contribution in [-0.4, -0.2) is 22.6 Å². The average Bonchev–Trinajstić information content (AvgIpc) is 2.48. The quantitative estimate of drug-likeness (QED) is 0.596. The van der Waals surface area contributed by atoms with Crippen LogP contribution in [0.2, 0.25) is 0 Å². The van der Waals surface area contributed by atoms with Crippen LogP contribution >= 0.6 is 34.8 Å². The van der Waals surface area contributed by atoms with Gasteiger partial charge in [0.25, 0.3) is 5.91 Å². The van der Waals surface area contributed by atoms with Crippen molar-refractivity contribution in [2.75, 3.05) is 11.9 Å². The standard InChI is InChI=1S/C14H12IN3O2S/c15-10-6-7-12(16-8-10)17-14(21)18-13(19)9-20-11-4-2-1-3-5-11/h1-8H,9H2,(H2,16,17,18,19,21). The van der Waals surface area contributed by atoms with E-state index in [4.69, 9.17) is 17.0 Å². The number of nitrogens with zero attached hydrogens (tertiary/aromatic N) is 1. The van der Waals surface area contributed by atoms with E-state index in [1.807, 2.05) is 24.3 Å². The number of aromatic nitrogens is 1. The van der Waals surface area contributed by atoms with Gasteiger partial charge in [0.2, 0.25) is 0 Å². The summed E-state index contributed by atoms with van der Waals surface area (Å²) in [4.78, 5) is 15.8. The van der Waals surface area contributed by atoms with E-state index in [-0.39, 0.29) is 17.6 Å². The Morgan fingerprint density at radius 3 is 2.67 bits per heavy atom. The zero-order valence-corrected chi connectivity index (χ0v) is 13.8. The van der Waals surface area contributed by atoms with Crippen molar-refractivity contribution in [3.63, 3.8) is 0 Å². The minimum Gasteiger partial charge on any atom is -0.484 e. The van der Waals surface area contributed by atoms with Crippen LogP contribution in [0, 0.1) is 3.57 Å². The van der Waals surface area contributed by atoms with E-state index < -0.39 is 0 Å². The van der Waals surface area contributed by atoms with Crippen molar-refractivity contribution < 1.29 is 9.53 Å². The number of thiocarbonyl (C=S) groups is 1.